The smallest absolute Gasteiger partial charge is 0.248 e. The van der Waals surface area contributed by atoms with Crippen LogP contribution < -0.4 is 5.32 Å². The summed E-state index contributed by atoms with van der Waals surface area (Å²) in [6.45, 7) is 1.48. The molecular weight excluding hydrogens is 244 g/mol. The number of nitrogens with one attached hydrogen (secondary N) is 1. The van der Waals surface area contributed by atoms with E-state index in [1.807, 2.05) is 0 Å². The summed E-state index contributed by atoms with van der Waals surface area (Å²) in [6, 6.07) is 0.164. The Morgan fingerprint density at radius 3 is 2.59 bits per heavy atom. The summed E-state index contributed by atoms with van der Waals surface area (Å²) < 4.78 is 4.80. The van der Waals surface area contributed by atoms with Crippen molar-refractivity contribution in [1.82, 2.24) is 10.2 Å². The Bertz CT molecular complexity index is 265. The van der Waals surface area contributed by atoms with Crippen LogP contribution in [0.5, 0.6) is 0 Å². The Morgan fingerprint density at radius 2 is 2.06 bits per heavy atom. The fraction of sp³-hybridized carbons (Fsp3) is 0.818. The zero-order valence-corrected chi connectivity index (χ0v) is 10.8. The maximum Gasteiger partial charge on any atom is 0.248 e. The van der Waals surface area contributed by atoms with Crippen molar-refractivity contribution < 1.29 is 14.3 Å². The van der Waals surface area contributed by atoms with Crippen LogP contribution in [0.1, 0.15) is 19.3 Å². The molecule has 1 rings (SSSR count). The van der Waals surface area contributed by atoms with Crippen molar-refractivity contribution in [1.29, 1.82) is 0 Å². The van der Waals surface area contributed by atoms with E-state index in [0.29, 0.717) is 25.4 Å². The van der Waals surface area contributed by atoms with Crippen LogP contribution in [-0.4, -0.2) is 55.4 Å². The molecule has 1 aliphatic rings. The number of amides is 2. The van der Waals surface area contributed by atoms with Gasteiger partial charge in [0.15, 0.2) is 0 Å². The van der Waals surface area contributed by atoms with E-state index < -0.39 is 0 Å². The summed E-state index contributed by atoms with van der Waals surface area (Å²) in [7, 11) is 1.51. The van der Waals surface area contributed by atoms with Gasteiger partial charge in [0.2, 0.25) is 11.8 Å². The van der Waals surface area contributed by atoms with Gasteiger partial charge in [0.05, 0.1) is 0 Å². The largest absolute Gasteiger partial charge is 0.375 e. The predicted molar refractivity (Wildman–Crippen MR) is 65.0 cm³/mol. The van der Waals surface area contributed by atoms with Gasteiger partial charge in [-0.25, -0.2) is 0 Å². The fourth-order valence-electron chi connectivity index (χ4n) is 1.87. The van der Waals surface area contributed by atoms with Crippen molar-refractivity contribution in [2.45, 2.75) is 25.3 Å². The SMILES string of the molecule is COCC(=O)N1CCC(NC(=O)CCCl)CC1. The van der Waals surface area contributed by atoms with E-state index in [0.717, 1.165) is 12.8 Å². The van der Waals surface area contributed by atoms with Gasteiger partial charge >= 0.3 is 0 Å². The average molecular weight is 263 g/mol. The molecule has 0 aromatic rings. The highest BCUT2D eigenvalue weighted by atomic mass is 35.5. The number of piperidine rings is 1. The number of methoxy groups -OCH3 is 1. The minimum atomic E-state index is -0.0123. The van der Waals surface area contributed by atoms with Crippen LogP contribution in [0.2, 0.25) is 0 Å². The van der Waals surface area contributed by atoms with Crippen LogP contribution in [0.4, 0.5) is 0 Å². The van der Waals surface area contributed by atoms with Crippen LogP contribution in [-0.2, 0) is 14.3 Å². The number of likely N-dealkylation sites (tertiary alicyclic amines) is 1. The van der Waals surface area contributed by atoms with E-state index in [9.17, 15) is 9.59 Å². The number of hydrogen-bond acceptors (Lipinski definition) is 3. The summed E-state index contributed by atoms with van der Waals surface area (Å²) in [5, 5.41) is 2.92. The minimum absolute atomic E-state index is 0.0121. The molecule has 0 spiro atoms. The number of nitrogens with zero attached hydrogens (tertiary/aromatic N) is 1. The first kappa shape index (κ1) is 14.3. The highest BCUT2D eigenvalue weighted by Gasteiger charge is 2.23. The van der Waals surface area contributed by atoms with Crippen LogP contribution in [0.15, 0.2) is 0 Å². The molecule has 1 heterocycles. The third kappa shape index (κ3) is 4.91. The lowest BCUT2D eigenvalue weighted by molar-refractivity contribution is -0.136. The normalized spacial score (nSPS) is 16.9. The van der Waals surface area contributed by atoms with Gasteiger partial charge in [0, 0.05) is 38.5 Å². The molecule has 5 nitrogen and oxygen atoms in total. The second-order valence-electron chi connectivity index (χ2n) is 4.09. The van der Waals surface area contributed by atoms with Gasteiger partial charge in [-0.05, 0) is 12.8 Å². The van der Waals surface area contributed by atoms with Gasteiger partial charge in [0.1, 0.15) is 6.61 Å². The monoisotopic (exact) mass is 262 g/mol. The molecule has 1 saturated heterocycles. The van der Waals surface area contributed by atoms with Crippen LogP contribution in [0, 0.1) is 0 Å². The molecular formula is C11H19ClN2O3. The van der Waals surface area contributed by atoms with E-state index in [-0.39, 0.29) is 24.5 Å². The lowest BCUT2D eigenvalue weighted by atomic mass is 10.0. The maximum atomic E-state index is 11.5. The van der Waals surface area contributed by atoms with Crippen molar-refractivity contribution in [3.8, 4) is 0 Å². The van der Waals surface area contributed by atoms with E-state index in [4.69, 9.17) is 16.3 Å². The molecule has 1 N–H and O–H groups in total. The van der Waals surface area contributed by atoms with Crippen LogP contribution in [0.25, 0.3) is 0 Å². The van der Waals surface area contributed by atoms with Crippen molar-refractivity contribution >= 4 is 23.4 Å². The van der Waals surface area contributed by atoms with Crippen LogP contribution in [0.3, 0.4) is 0 Å². The zero-order valence-electron chi connectivity index (χ0n) is 10.1. The Labute approximate surface area is 106 Å². The van der Waals surface area contributed by atoms with E-state index in [2.05, 4.69) is 5.32 Å². The number of carbonyl (C=O) groups excluding carboxylic acids is 2. The molecule has 2 amide bonds. The number of hydrogen-bond donors (Lipinski definition) is 1. The average Bonchev–Trinajstić information content (AvgIpc) is 2.30. The standard InChI is InChI=1S/C11H19ClN2O3/c1-17-8-11(16)14-6-3-9(4-7-14)13-10(15)2-5-12/h9H,2-8H2,1H3,(H,13,15). The molecule has 0 radical (unpaired) electrons. The van der Waals surface area contributed by atoms with Gasteiger partial charge in [-0.2, -0.15) is 0 Å². The fourth-order valence-corrected chi connectivity index (χ4v) is 2.05. The number of halogens is 1. The molecule has 0 saturated carbocycles. The van der Waals surface area contributed by atoms with Gasteiger partial charge in [0.25, 0.3) is 0 Å². The van der Waals surface area contributed by atoms with Gasteiger partial charge in [-0.1, -0.05) is 0 Å². The number of rotatable bonds is 5. The maximum absolute atomic E-state index is 11.5. The molecule has 0 aliphatic carbocycles. The molecule has 17 heavy (non-hydrogen) atoms. The first-order chi connectivity index (χ1) is 8.17. The second-order valence-corrected chi connectivity index (χ2v) is 4.47. The highest BCUT2D eigenvalue weighted by molar-refractivity contribution is 6.18. The molecule has 0 atom stereocenters. The zero-order chi connectivity index (χ0) is 12.7. The Morgan fingerprint density at radius 1 is 1.41 bits per heavy atom. The lowest BCUT2D eigenvalue weighted by Gasteiger charge is -2.32. The Hall–Kier alpha value is -0.810. The summed E-state index contributed by atoms with van der Waals surface area (Å²) in [5.74, 6) is 0.344. The number of carbonyl (C=O) groups is 2. The van der Waals surface area contributed by atoms with E-state index in [1.54, 1.807) is 4.90 Å². The van der Waals surface area contributed by atoms with Crippen molar-refractivity contribution in [3.05, 3.63) is 0 Å². The van der Waals surface area contributed by atoms with Gasteiger partial charge in [-0.15, -0.1) is 11.6 Å². The summed E-state index contributed by atoms with van der Waals surface area (Å²) in [5.41, 5.74) is 0. The third-order valence-electron chi connectivity index (χ3n) is 2.80. The van der Waals surface area contributed by atoms with Crippen molar-refractivity contribution in [2.75, 3.05) is 32.7 Å². The van der Waals surface area contributed by atoms with Gasteiger partial charge in [-0.3, -0.25) is 9.59 Å². The summed E-state index contributed by atoms with van der Waals surface area (Å²) in [4.78, 5) is 24.6. The molecule has 0 aromatic carbocycles. The quantitative estimate of drug-likeness (QED) is 0.729. The third-order valence-corrected chi connectivity index (χ3v) is 2.99. The first-order valence-corrected chi connectivity index (χ1v) is 6.33. The molecule has 0 aromatic heterocycles. The van der Waals surface area contributed by atoms with Crippen molar-refractivity contribution in [2.24, 2.45) is 0 Å². The molecule has 98 valence electrons. The molecule has 0 unspecified atom stereocenters. The van der Waals surface area contributed by atoms with Gasteiger partial charge < -0.3 is 15.0 Å². The lowest BCUT2D eigenvalue weighted by Crippen LogP contribution is -2.47. The topological polar surface area (TPSA) is 58.6 Å². The Kier molecular flexibility index (Phi) is 6.29. The molecule has 6 heteroatoms. The van der Waals surface area contributed by atoms with E-state index in [1.165, 1.54) is 7.11 Å². The molecule has 0 bridgehead atoms. The summed E-state index contributed by atoms with van der Waals surface area (Å²) >= 11 is 5.49. The number of alkyl halides is 1. The minimum Gasteiger partial charge on any atom is -0.375 e. The first-order valence-electron chi connectivity index (χ1n) is 5.79. The second kappa shape index (κ2) is 7.50. The molecule has 1 aliphatic heterocycles. The van der Waals surface area contributed by atoms with E-state index >= 15 is 0 Å². The molecule has 1 fully saturated rings. The summed E-state index contributed by atoms with van der Waals surface area (Å²) in [6.07, 6.45) is 1.94. The Balaban J connectivity index is 2.26. The van der Waals surface area contributed by atoms with Crippen molar-refractivity contribution in [3.63, 3.8) is 0 Å². The highest BCUT2D eigenvalue weighted by Crippen LogP contribution is 2.10. The predicted octanol–water partition coefficient (Wildman–Crippen LogP) is 0.369. The van der Waals surface area contributed by atoms with Crippen LogP contribution >= 0.6 is 11.6 Å². The number of ether oxygens (including phenoxy) is 1.